The SMILES string of the molecule is CC(C)c1ccc(NC(=O)Oc2ccc3c(c2)[C@]2(C)CCN(CCCc4ccccc4)[C@@H]2N3C)cc1. The van der Waals surface area contributed by atoms with Crippen molar-refractivity contribution < 1.29 is 9.53 Å². The van der Waals surface area contributed by atoms with Crippen molar-refractivity contribution in [2.24, 2.45) is 0 Å². The Labute approximate surface area is 215 Å². The molecule has 188 valence electrons. The van der Waals surface area contributed by atoms with E-state index in [9.17, 15) is 4.79 Å². The van der Waals surface area contributed by atoms with E-state index in [-0.39, 0.29) is 5.41 Å². The first-order valence-electron chi connectivity index (χ1n) is 13.1. The topological polar surface area (TPSA) is 44.8 Å². The number of fused-ring (bicyclic) bond motifs is 3. The van der Waals surface area contributed by atoms with E-state index in [1.807, 2.05) is 30.3 Å². The third kappa shape index (κ3) is 4.72. The molecule has 5 nitrogen and oxygen atoms in total. The molecule has 0 aromatic heterocycles. The van der Waals surface area contributed by atoms with Gasteiger partial charge < -0.3 is 9.64 Å². The third-order valence-corrected chi connectivity index (χ3v) is 7.95. The second-order valence-electron chi connectivity index (χ2n) is 10.7. The Bertz CT molecular complexity index is 1210. The molecule has 3 aromatic rings. The largest absolute Gasteiger partial charge is 0.417 e. The van der Waals surface area contributed by atoms with Crippen molar-refractivity contribution in [3.63, 3.8) is 0 Å². The number of carbonyl (C=O) groups is 1. The van der Waals surface area contributed by atoms with Crippen LogP contribution in [-0.2, 0) is 11.8 Å². The summed E-state index contributed by atoms with van der Waals surface area (Å²) in [5.41, 5.74) is 5.89. The van der Waals surface area contributed by atoms with E-state index >= 15 is 0 Å². The molecule has 2 heterocycles. The summed E-state index contributed by atoms with van der Waals surface area (Å²) in [4.78, 5) is 17.6. The van der Waals surface area contributed by atoms with Gasteiger partial charge >= 0.3 is 6.09 Å². The Hall–Kier alpha value is -3.31. The average Bonchev–Trinajstić information content (AvgIpc) is 3.31. The summed E-state index contributed by atoms with van der Waals surface area (Å²) < 4.78 is 5.71. The molecule has 3 aromatic carbocycles. The van der Waals surface area contributed by atoms with Crippen molar-refractivity contribution in [1.29, 1.82) is 0 Å². The number of benzene rings is 3. The van der Waals surface area contributed by atoms with Crippen LogP contribution >= 0.6 is 0 Å². The number of likely N-dealkylation sites (tertiary alicyclic amines) is 1. The highest BCUT2D eigenvalue weighted by Gasteiger charge is 2.53. The van der Waals surface area contributed by atoms with Crippen LogP contribution in [0.1, 0.15) is 56.2 Å². The van der Waals surface area contributed by atoms with Crippen molar-refractivity contribution in [2.75, 3.05) is 30.4 Å². The number of carbonyl (C=O) groups excluding carboxylic acids is 1. The first-order chi connectivity index (χ1) is 17.3. The maximum Gasteiger partial charge on any atom is 0.417 e. The van der Waals surface area contributed by atoms with Gasteiger partial charge in [0.15, 0.2) is 0 Å². The number of likely N-dealkylation sites (N-methyl/N-ethyl adjacent to an activating group) is 1. The summed E-state index contributed by atoms with van der Waals surface area (Å²) in [7, 11) is 2.19. The minimum atomic E-state index is -0.464. The average molecular weight is 484 g/mol. The molecule has 2 aliphatic heterocycles. The Balaban J connectivity index is 1.24. The fourth-order valence-electron chi connectivity index (χ4n) is 6.02. The van der Waals surface area contributed by atoms with Gasteiger partial charge in [0, 0.05) is 36.9 Å². The first kappa shape index (κ1) is 24.4. The van der Waals surface area contributed by atoms with Gasteiger partial charge in [0.25, 0.3) is 0 Å². The second kappa shape index (κ2) is 9.98. The zero-order chi connectivity index (χ0) is 25.3. The van der Waals surface area contributed by atoms with E-state index in [2.05, 4.69) is 85.4 Å². The van der Waals surface area contributed by atoms with Crippen LogP contribution in [-0.4, -0.2) is 37.3 Å². The van der Waals surface area contributed by atoms with Crippen molar-refractivity contribution in [2.45, 2.75) is 57.5 Å². The lowest BCUT2D eigenvalue weighted by Gasteiger charge is -2.34. The zero-order valence-corrected chi connectivity index (χ0v) is 21.8. The van der Waals surface area contributed by atoms with Gasteiger partial charge in [0.05, 0.1) is 6.17 Å². The molecule has 5 heteroatoms. The summed E-state index contributed by atoms with van der Waals surface area (Å²) in [6.45, 7) is 8.83. The van der Waals surface area contributed by atoms with Crippen LogP contribution in [0.2, 0.25) is 0 Å². The molecule has 1 fully saturated rings. The Kier molecular flexibility index (Phi) is 6.76. The zero-order valence-electron chi connectivity index (χ0n) is 21.8. The van der Waals surface area contributed by atoms with Crippen LogP contribution in [0.25, 0.3) is 0 Å². The minimum Gasteiger partial charge on any atom is -0.410 e. The second-order valence-corrected chi connectivity index (χ2v) is 10.7. The van der Waals surface area contributed by atoms with Crippen molar-refractivity contribution in [3.05, 3.63) is 89.5 Å². The van der Waals surface area contributed by atoms with E-state index in [0.29, 0.717) is 17.8 Å². The number of nitrogens with zero attached hydrogens (tertiary/aromatic N) is 2. The number of aryl methyl sites for hydroxylation is 1. The van der Waals surface area contributed by atoms with Gasteiger partial charge in [-0.1, -0.05) is 63.2 Å². The molecule has 2 atom stereocenters. The number of anilines is 2. The lowest BCUT2D eigenvalue weighted by Crippen LogP contribution is -2.47. The number of hydrogen-bond donors (Lipinski definition) is 1. The highest BCUT2D eigenvalue weighted by Crippen LogP contribution is 2.52. The van der Waals surface area contributed by atoms with E-state index in [4.69, 9.17) is 4.74 Å². The molecule has 5 rings (SSSR count). The first-order valence-corrected chi connectivity index (χ1v) is 13.1. The molecule has 0 radical (unpaired) electrons. The van der Waals surface area contributed by atoms with Crippen LogP contribution in [0.5, 0.6) is 5.75 Å². The summed E-state index contributed by atoms with van der Waals surface area (Å²) in [5.74, 6) is 1.04. The summed E-state index contributed by atoms with van der Waals surface area (Å²) in [5, 5.41) is 2.85. The van der Waals surface area contributed by atoms with E-state index in [1.54, 1.807) is 0 Å². The predicted molar refractivity (Wildman–Crippen MR) is 147 cm³/mol. The Morgan fingerprint density at radius 3 is 2.56 bits per heavy atom. The quantitative estimate of drug-likeness (QED) is 0.402. The van der Waals surface area contributed by atoms with Crippen molar-refractivity contribution in [3.8, 4) is 5.75 Å². The van der Waals surface area contributed by atoms with Gasteiger partial charge in [-0.3, -0.25) is 10.2 Å². The highest BCUT2D eigenvalue weighted by molar-refractivity contribution is 5.86. The number of ether oxygens (including phenoxy) is 1. The maximum atomic E-state index is 12.6. The molecular formula is C31H37N3O2. The molecule has 0 spiro atoms. The molecule has 0 unspecified atom stereocenters. The van der Waals surface area contributed by atoms with Crippen LogP contribution < -0.4 is 15.0 Å². The summed E-state index contributed by atoms with van der Waals surface area (Å²) in [6, 6.07) is 24.7. The van der Waals surface area contributed by atoms with Crippen LogP contribution in [0, 0.1) is 0 Å². The Morgan fingerprint density at radius 2 is 1.83 bits per heavy atom. The number of rotatable bonds is 7. The molecular weight excluding hydrogens is 446 g/mol. The fourth-order valence-corrected chi connectivity index (χ4v) is 6.02. The Morgan fingerprint density at radius 1 is 1.08 bits per heavy atom. The van der Waals surface area contributed by atoms with Gasteiger partial charge in [-0.05, 0) is 72.2 Å². The minimum absolute atomic E-state index is 0.0132. The van der Waals surface area contributed by atoms with E-state index < -0.39 is 6.09 Å². The predicted octanol–water partition coefficient (Wildman–Crippen LogP) is 6.79. The molecule has 0 bridgehead atoms. The molecule has 0 saturated carbocycles. The van der Waals surface area contributed by atoms with Gasteiger partial charge in [-0.15, -0.1) is 0 Å². The van der Waals surface area contributed by atoms with Crippen molar-refractivity contribution in [1.82, 2.24) is 4.90 Å². The monoisotopic (exact) mass is 483 g/mol. The number of hydrogen-bond acceptors (Lipinski definition) is 4. The van der Waals surface area contributed by atoms with Crippen LogP contribution in [0.15, 0.2) is 72.8 Å². The number of nitrogens with one attached hydrogen (secondary N) is 1. The molecule has 1 N–H and O–H groups in total. The van der Waals surface area contributed by atoms with Gasteiger partial charge in [0.1, 0.15) is 5.75 Å². The van der Waals surface area contributed by atoms with E-state index in [0.717, 1.165) is 38.0 Å². The molecule has 1 saturated heterocycles. The normalized spacial score (nSPS) is 20.9. The molecule has 2 aliphatic rings. The van der Waals surface area contributed by atoms with Crippen LogP contribution in [0.4, 0.5) is 16.2 Å². The van der Waals surface area contributed by atoms with Gasteiger partial charge in [-0.2, -0.15) is 0 Å². The number of amides is 1. The smallest absolute Gasteiger partial charge is 0.410 e. The third-order valence-electron chi connectivity index (χ3n) is 7.95. The van der Waals surface area contributed by atoms with Crippen LogP contribution in [0.3, 0.4) is 0 Å². The molecule has 0 aliphatic carbocycles. The highest BCUT2D eigenvalue weighted by atomic mass is 16.6. The maximum absolute atomic E-state index is 12.6. The molecule has 1 amide bonds. The molecule has 36 heavy (non-hydrogen) atoms. The fraction of sp³-hybridized carbons (Fsp3) is 0.387. The van der Waals surface area contributed by atoms with Crippen molar-refractivity contribution >= 4 is 17.5 Å². The van der Waals surface area contributed by atoms with E-state index in [1.165, 1.54) is 22.4 Å². The van der Waals surface area contributed by atoms with Gasteiger partial charge in [0.2, 0.25) is 0 Å². The van der Waals surface area contributed by atoms with Gasteiger partial charge in [-0.25, -0.2) is 4.79 Å². The lowest BCUT2D eigenvalue weighted by molar-refractivity contribution is 0.214. The summed E-state index contributed by atoms with van der Waals surface area (Å²) >= 11 is 0. The lowest BCUT2D eigenvalue weighted by atomic mass is 9.81. The standard InChI is InChI=1S/C31H37N3O2/c1-22(2)24-12-14-25(15-13-24)32-30(35)36-26-16-17-28-27(21-26)31(3)18-20-34(29(31)33(28)4)19-8-11-23-9-6-5-7-10-23/h5-7,9-10,12-17,21-22,29H,8,11,18-20H2,1-4H3,(H,32,35)/t29-,31-/m0/s1. The summed E-state index contributed by atoms with van der Waals surface area (Å²) in [6.07, 6.45) is 3.21.